The summed E-state index contributed by atoms with van der Waals surface area (Å²) < 4.78 is 0. The number of hydrogen-bond donors (Lipinski definition) is 1. The lowest BCUT2D eigenvalue weighted by atomic mass is 9.82. The average molecular weight is 429 g/mol. The minimum absolute atomic E-state index is 0.171. The van der Waals surface area contributed by atoms with E-state index in [2.05, 4.69) is 5.32 Å². The number of allylic oxidation sites excluding steroid dienone is 2. The summed E-state index contributed by atoms with van der Waals surface area (Å²) in [5, 5.41) is 3.54. The van der Waals surface area contributed by atoms with Crippen molar-refractivity contribution in [2.75, 3.05) is 10.2 Å². The molecule has 7 heteroatoms. The van der Waals surface area contributed by atoms with Crippen LogP contribution in [0.1, 0.15) is 30.1 Å². The van der Waals surface area contributed by atoms with Gasteiger partial charge in [-0.05, 0) is 62.2 Å². The number of nitrogens with zero attached hydrogens (tertiary/aromatic N) is 1. The summed E-state index contributed by atoms with van der Waals surface area (Å²) >= 11 is 12.0. The lowest BCUT2D eigenvalue weighted by Crippen LogP contribution is -2.30. The first kappa shape index (κ1) is 19.7. The maximum absolute atomic E-state index is 12.8. The van der Waals surface area contributed by atoms with Gasteiger partial charge in [0.25, 0.3) is 5.91 Å². The first-order valence-corrected chi connectivity index (χ1v) is 10.0. The van der Waals surface area contributed by atoms with Crippen molar-refractivity contribution < 1.29 is 14.4 Å². The van der Waals surface area contributed by atoms with Crippen molar-refractivity contribution in [2.45, 2.75) is 19.8 Å². The van der Waals surface area contributed by atoms with Crippen LogP contribution in [0.3, 0.4) is 0 Å². The average Bonchev–Trinajstić information content (AvgIpc) is 2.94. The van der Waals surface area contributed by atoms with Gasteiger partial charge < -0.3 is 5.32 Å². The molecule has 0 unspecified atom stereocenters. The molecule has 2 aromatic rings. The molecule has 5 nitrogen and oxygen atoms in total. The number of imide groups is 1. The summed E-state index contributed by atoms with van der Waals surface area (Å²) in [6.07, 6.45) is 3.25. The van der Waals surface area contributed by atoms with Crippen LogP contribution >= 0.6 is 23.2 Å². The third-order valence-corrected chi connectivity index (χ3v) is 5.95. The van der Waals surface area contributed by atoms with Gasteiger partial charge in [0.1, 0.15) is 0 Å². The Morgan fingerprint density at radius 2 is 1.72 bits per heavy atom. The van der Waals surface area contributed by atoms with Crippen LogP contribution in [0, 0.1) is 11.8 Å². The molecule has 1 heterocycles. The van der Waals surface area contributed by atoms with Crippen molar-refractivity contribution in [1.29, 1.82) is 0 Å². The number of nitrogens with one attached hydrogen (secondary N) is 1. The number of rotatable bonds is 3. The van der Waals surface area contributed by atoms with Gasteiger partial charge in [0, 0.05) is 10.6 Å². The largest absolute Gasteiger partial charge is 0.321 e. The second-order valence-corrected chi connectivity index (χ2v) is 8.18. The maximum Gasteiger partial charge on any atom is 0.255 e. The van der Waals surface area contributed by atoms with Gasteiger partial charge in [0.15, 0.2) is 0 Å². The standard InChI is InChI=1S/C22H18Cl2N2O3/c1-12-2-8-16-17(10-12)22(29)26(21(16)28)15-6-3-13(4-7-15)20(27)25-19-11-14(23)5-9-18(19)24/h2-7,9,11,16-17H,8,10H2,1H3,(H,25,27)/t16-,17-/m1/s1. The van der Waals surface area contributed by atoms with E-state index in [1.54, 1.807) is 42.5 Å². The molecular weight excluding hydrogens is 411 g/mol. The van der Waals surface area contributed by atoms with E-state index in [1.807, 2.05) is 13.0 Å². The second kappa shape index (κ2) is 7.65. The molecule has 0 spiro atoms. The fourth-order valence-corrected chi connectivity index (χ4v) is 4.18. The van der Waals surface area contributed by atoms with Crippen LogP contribution in [0.15, 0.2) is 54.1 Å². The fourth-order valence-electron chi connectivity index (χ4n) is 3.84. The zero-order valence-electron chi connectivity index (χ0n) is 15.6. The molecule has 2 aromatic carbocycles. The van der Waals surface area contributed by atoms with Crippen LogP contribution in [0.25, 0.3) is 0 Å². The molecule has 3 amide bonds. The Labute approximate surface area is 178 Å². The van der Waals surface area contributed by atoms with Crippen molar-refractivity contribution >= 4 is 52.3 Å². The number of carbonyl (C=O) groups excluding carboxylic acids is 3. The lowest BCUT2D eigenvalue weighted by Gasteiger charge is -2.18. The summed E-state index contributed by atoms with van der Waals surface area (Å²) in [5.41, 5.74) is 2.40. The van der Waals surface area contributed by atoms with Gasteiger partial charge in [-0.25, -0.2) is 0 Å². The van der Waals surface area contributed by atoms with Crippen molar-refractivity contribution in [3.05, 3.63) is 69.7 Å². The summed E-state index contributed by atoms with van der Waals surface area (Å²) in [6.45, 7) is 1.98. The van der Waals surface area contributed by atoms with Crippen LogP contribution in [-0.2, 0) is 9.59 Å². The summed E-state index contributed by atoms with van der Waals surface area (Å²) in [5.74, 6) is -1.30. The molecule has 2 aliphatic rings. The van der Waals surface area contributed by atoms with E-state index < -0.39 is 0 Å². The molecule has 1 N–H and O–H groups in total. The Bertz CT molecular complexity index is 1050. The van der Waals surface area contributed by atoms with Crippen LogP contribution in [0.5, 0.6) is 0 Å². The van der Waals surface area contributed by atoms with Gasteiger partial charge in [-0.15, -0.1) is 0 Å². The minimum Gasteiger partial charge on any atom is -0.321 e. The van der Waals surface area contributed by atoms with E-state index in [1.165, 1.54) is 4.90 Å². The Balaban J connectivity index is 1.52. The molecular formula is C22H18Cl2N2O3. The van der Waals surface area contributed by atoms with Gasteiger partial charge in [0.2, 0.25) is 11.8 Å². The highest BCUT2D eigenvalue weighted by Crippen LogP contribution is 2.39. The number of benzene rings is 2. The highest BCUT2D eigenvalue weighted by atomic mass is 35.5. The molecule has 0 aromatic heterocycles. The highest BCUT2D eigenvalue weighted by Gasteiger charge is 2.48. The van der Waals surface area contributed by atoms with Crippen LogP contribution in [-0.4, -0.2) is 17.7 Å². The maximum atomic E-state index is 12.8. The number of hydrogen-bond acceptors (Lipinski definition) is 3. The zero-order valence-corrected chi connectivity index (χ0v) is 17.1. The summed E-state index contributed by atoms with van der Waals surface area (Å²) in [6, 6.07) is 11.2. The van der Waals surface area contributed by atoms with Gasteiger partial charge >= 0.3 is 0 Å². The number of amides is 3. The first-order valence-electron chi connectivity index (χ1n) is 9.25. The third kappa shape index (κ3) is 3.68. The fraction of sp³-hybridized carbons (Fsp3) is 0.227. The molecule has 4 rings (SSSR count). The van der Waals surface area contributed by atoms with E-state index in [-0.39, 0.29) is 29.6 Å². The lowest BCUT2D eigenvalue weighted by molar-refractivity contribution is -0.122. The van der Waals surface area contributed by atoms with E-state index in [4.69, 9.17) is 23.2 Å². The van der Waals surface area contributed by atoms with Gasteiger partial charge in [-0.2, -0.15) is 0 Å². The number of halogens is 2. The molecule has 1 saturated heterocycles. The topological polar surface area (TPSA) is 66.5 Å². The molecule has 0 saturated carbocycles. The van der Waals surface area contributed by atoms with Gasteiger partial charge in [-0.3, -0.25) is 19.3 Å². The molecule has 1 fully saturated rings. The predicted molar refractivity (Wildman–Crippen MR) is 113 cm³/mol. The normalized spacial score (nSPS) is 21.1. The Hall–Kier alpha value is -2.63. The SMILES string of the molecule is CC1=CC[C@H]2C(=O)N(c3ccc(C(=O)Nc4cc(Cl)ccc4Cl)cc3)C(=O)[C@@H]2C1. The Morgan fingerprint density at radius 1 is 1.03 bits per heavy atom. The van der Waals surface area contributed by atoms with Crippen molar-refractivity contribution in [2.24, 2.45) is 11.8 Å². The van der Waals surface area contributed by atoms with Crippen molar-refractivity contribution in [3.8, 4) is 0 Å². The van der Waals surface area contributed by atoms with Crippen LogP contribution in [0.4, 0.5) is 11.4 Å². The molecule has 148 valence electrons. The van der Waals surface area contributed by atoms with Crippen LogP contribution < -0.4 is 10.2 Å². The molecule has 2 atom stereocenters. The monoisotopic (exact) mass is 428 g/mol. The molecule has 29 heavy (non-hydrogen) atoms. The first-order chi connectivity index (χ1) is 13.8. The number of carbonyl (C=O) groups is 3. The summed E-state index contributed by atoms with van der Waals surface area (Å²) in [4.78, 5) is 39.3. The Morgan fingerprint density at radius 3 is 2.45 bits per heavy atom. The molecule has 0 bridgehead atoms. The van der Waals surface area contributed by atoms with Gasteiger partial charge in [0.05, 0.1) is 28.2 Å². The van der Waals surface area contributed by atoms with E-state index in [0.717, 1.165) is 5.57 Å². The second-order valence-electron chi connectivity index (χ2n) is 7.34. The van der Waals surface area contributed by atoms with Crippen molar-refractivity contribution in [1.82, 2.24) is 0 Å². The minimum atomic E-state index is -0.367. The van der Waals surface area contributed by atoms with E-state index in [9.17, 15) is 14.4 Å². The van der Waals surface area contributed by atoms with Crippen LogP contribution in [0.2, 0.25) is 10.0 Å². The van der Waals surface area contributed by atoms with E-state index in [0.29, 0.717) is 39.8 Å². The van der Waals surface area contributed by atoms with Gasteiger partial charge in [-0.1, -0.05) is 34.9 Å². The number of fused-ring (bicyclic) bond motifs is 1. The van der Waals surface area contributed by atoms with E-state index >= 15 is 0 Å². The predicted octanol–water partition coefficient (Wildman–Crippen LogP) is 5.09. The molecule has 0 radical (unpaired) electrons. The highest BCUT2D eigenvalue weighted by molar-refractivity contribution is 6.36. The van der Waals surface area contributed by atoms with Crippen molar-refractivity contribution in [3.63, 3.8) is 0 Å². The smallest absolute Gasteiger partial charge is 0.255 e. The Kier molecular flexibility index (Phi) is 5.19. The zero-order chi connectivity index (χ0) is 20.7. The molecule has 1 aliphatic heterocycles. The summed E-state index contributed by atoms with van der Waals surface area (Å²) in [7, 11) is 0. The molecule has 1 aliphatic carbocycles. The third-order valence-electron chi connectivity index (χ3n) is 5.39. The number of anilines is 2. The quantitative estimate of drug-likeness (QED) is 0.546.